The van der Waals surface area contributed by atoms with Crippen LogP contribution < -0.4 is 0 Å². The minimum absolute atomic E-state index is 0.247. The number of amides is 1. The number of benzene rings is 1. The Kier molecular flexibility index (Phi) is 3.72. The molecule has 0 radical (unpaired) electrons. The Hall–Kier alpha value is -1.82. The Balaban J connectivity index is 1.80. The van der Waals surface area contributed by atoms with Gasteiger partial charge in [0.1, 0.15) is 5.60 Å². The molecule has 1 aliphatic heterocycles. The van der Waals surface area contributed by atoms with Gasteiger partial charge in [0.05, 0.1) is 5.52 Å². The molecule has 5 nitrogen and oxygen atoms in total. The van der Waals surface area contributed by atoms with Gasteiger partial charge in [0.15, 0.2) is 5.58 Å². The zero-order valence-electron chi connectivity index (χ0n) is 13.1. The van der Waals surface area contributed by atoms with E-state index >= 15 is 0 Å². The number of aromatic nitrogens is 1. The van der Waals surface area contributed by atoms with Crippen molar-refractivity contribution in [1.29, 1.82) is 0 Å². The van der Waals surface area contributed by atoms with Crippen LogP contribution in [0.15, 0.2) is 16.5 Å². The molecule has 2 aromatic rings. The van der Waals surface area contributed by atoms with Gasteiger partial charge in [-0.3, -0.25) is 0 Å². The first kappa shape index (κ1) is 15.1. The van der Waals surface area contributed by atoms with Crippen molar-refractivity contribution in [2.75, 3.05) is 13.1 Å². The summed E-state index contributed by atoms with van der Waals surface area (Å²) in [4.78, 5) is 17.4. The number of carbonyl (C=O) groups is 1. The van der Waals surface area contributed by atoms with Crippen molar-refractivity contribution in [3.63, 3.8) is 0 Å². The molecule has 1 aliphatic rings. The standard InChI is InChI=1S/C16H20N2O3S/c1-16(2,3)21-15(19)18-6-4-10-8-12-13(20-14(22)17-12)9-11(10)5-7-18/h8-9H,4-7H2,1-3H3,(H,17,22). The number of nitrogens with zero attached hydrogens (tertiary/aromatic N) is 1. The van der Waals surface area contributed by atoms with Gasteiger partial charge < -0.3 is 19.0 Å². The van der Waals surface area contributed by atoms with Crippen molar-refractivity contribution in [1.82, 2.24) is 9.88 Å². The van der Waals surface area contributed by atoms with E-state index in [0.717, 1.165) is 23.9 Å². The summed E-state index contributed by atoms with van der Waals surface area (Å²) >= 11 is 5.03. The van der Waals surface area contributed by atoms with Gasteiger partial charge in [-0.1, -0.05) is 0 Å². The summed E-state index contributed by atoms with van der Waals surface area (Å²) in [6.45, 7) is 6.96. The van der Waals surface area contributed by atoms with Gasteiger partial charge in [-0.15, -0.1) is 0 Å². The number of hydrogen-bond donors (Lipinski definition) is 1. The molecule has 0 saturated carbocycles. The van der Waals surface area contributed by atoms with Crippen molar-refractivity contribution in [2.45, 2.75) is 39.2 Å². The lowest BCUT2D eigenvalue weighted by Crippen LogP contribution is -2.38. The molecule has 3 rings (SSSR count). The summed E-state index contributed by atoms with van der Waals surface area (Å²) in [5.74, 6) is 0. The van der Waals surface area contributed by atoms with Gasteiger partial charge in [-0.05, 0) is 69.1 Å². The fourth-order valence-electron chi connectivity index (χ4n) is 2.68. The second-order valence-electron chi connectivity index (χ2n) is 6.60. The lowest BCUT2D eigenvalue weighted by molar-refractivity contribution is 0.0258. The fourth-order valence-corrected chi connectivity index (χ4v) is 2.88. The molecule has 1 aromatic heterocycles. The molecule has 0 aliphatic carbocycles. The van der Waals surface area contributed by atoms with Gasteiger partial charge in [0, 0.05) is 13.1 Å². The quantitative estimate of drug-likeness (QED) is 0.750. The summed E-state index contributed by atoms with van der Waals surface area (Å²) < 4.78 is 10.9. The average Bonchev–Trinajstić information content (AvgIpc) is 2.62. The molecule has 0 unspecified atom stereocenters. The maximum atomic E-state index is 12.2. The monoisotopic (exact) mass is 320 g/mol. The second-order valence-corrected chi connectivity index (χ2v) is 6.97. The minimum atomic E-state index is -0.467. The fraction of sp³-hybridized carbons (Fsp3) is 0.500. The normalized spacial score (nSPS) is 15.5. The van der Waals surface area contributed by atoms with Crippen LogP contribution >= 0.6 is 12.2 Å². The smallest absolute Gasteiger partial charge is 0.410 e. The Morgan fingerprint density at radius 1 is 1.27 bits per heavy atom. The molecule has 1 aromatic carbocycles. The van der Waals surface area contributed by atoms with E-state index in [-0.39, 0.29) is 6.09 Å². The molecule has 6 heteroatoms. The Bertz CT molecular complexity index is 722. The van der Waals surface area contributed by atoms with Crippen molar-refractivity contribution in [2.24, 2.45) is 0 Å². The van der Waals surface area contributed by atoms with Crippen LogP contribution in [0.4, 0.5) is 4.79 Å². The molecule has 1 amide bonds. The summed E-state index contributed by atoms with van der Waals surface area (Å²) in [7, 11) is 0. The van der Waals surface area contributed by atoms with Crippen LogP contribution in [0.5, 0.6) is 0 Å². The third kappa shape index (κ3) is 3.16. The molecule has 0 atom stereocenters. The number of rotatable bonds is 0. The highest BCUT2D eigenvalue weighted by atomic mass is 32.1. The zero-order valence-corrected chi connectivity index (χ0v) is 13.9. The lowest BCUT2D eigenvalue weighted by Gasteiger charge is -2.26. The number of hydrogen-bond acceptors (Lipinski definition) is 4. The van der Waals surface area contributed by atoms with Crippen LogP contribution in [-0.4, -0.2) is 34.7 Å². The maximum absolute atomic E-state index is 12.2. The highest BCUT2D eigenvalue weighted by molar-refractivity contribution is 7.71. The van der Waals surface area contributed by atoms with E-state index in [0.29, 0.717) is 17.9 Å². The first-order valence-electron chi connectivity index (χ1n) is 7.44. The number of nitrogens with one attached hydrogen (secondary N) is 1. The molecular formula is C16H20N2O3S. The predicted molar refractivity (Wildman–Crippen MR) is 86.6 cm³/mol. The van der Waals surface area contributed by atoms with Crippen LogP contribution in [0, 0.1) is 4.84 Å². The van der Waals surface area contributed by atoms with Crippen molar-refractivity contribution in [3.05, 3.63) is 28.1 Å². The molecule has 2 heterocycles. The molecule has 1 N–H and O–H groups in total. The summed E-state index contributed by atoms with van der Waals surface area (Å²) in [6, 6.07) is 4.10. The molecule has 0 fully saturated rings. The second kappa shape index (κ2) is 5.43. The molecule has 0 spiro atoms. The number of aromatic amines is 1. The van der Waals surface area contributed by atoms with Gasteiger partial charge in [-0.2, -0.15) is 0 Å². The SMILES string of the molecule is CC(C)(C)OC(=O)N1CCc2cc3[nH]c(=S)oc3cc2CC1. The number of oxazole rings is 1. The number of fused-ring (bicyclic) bond motifs is 2. The summed E-state index contributed by atoms with van der Waals surface area (Å²) in [5, 5.41) is 0. The van der Waals surface area contributed by atoms with Crippen LogP contribution in [0.1, 0.15) is 31.9 Å². The summed E-state index contributed by atoms with van der Waals surface area (Å²) in [5.41, 5.74) is 3.65. The van der Waals surface area contributed by atoms with Crippen molar-refractivity contribution >= 4 is 29.4 Å². The average molecular weight is 320 g/mol. The maximum Gasteiger partial charge on any atom is 0.410 e. The van der Waals surface area contributed by atoms with Crippen LogP contribution in [0.25, 0.3) is 11.1 Å². The third-order valence-electron chi connectivity index (χ3n) is 3.70. The van der Waals surface area contributed by atoms with E-state index in [4.69, 9.17) is 21.4 Å². The highest BCUT2D eigenvalue weighted by Gasteiger charge is 2.24. The molecule has 0 bridgehead atoms. The number of carbonyl (C=O) groups excluding carboxylic acids is 1. The van der Waals surface area contributed by atoms with Gasteiger partial charge in [-0.25, -0.2) is 4.79 Å². The summed E-state index contributed by atoms with van der Waals surface area (Å²) in [6.07, 6.45) is 1.34. The van der Waals surface area contributed by atoms with Crippen LogP contribution in [-0.2, 0) is 17.6 Å². The molecule has 118 valence electrons. The van der Waals surface area contributed by atoms with E-state index in [1.54, 1.807) is 4.90 Å². The molecule has 0 saturated heterocycles. The third-order valence-corrected chi connectivity index (χ3v) is 3.88. The molecular weight excluding hydrogens is 300 g/mol. The first-order valence-corrected chi connectivity index (χ1v) is 7.85. The molecule has 22 heavy (non-hydrogen) atoms. The van der Waals surface area contributed by atoms with Crippen molar-refractivity contribution in [3.8, 4) is 0 Å². The van der Waals surface area contributed by atoms with E-state index in [1.807, 2.05) is 26.8 Å². The Labute approximate surface area is 134 Å². The Morgan fingerprint density at radius 3 is 2.55 bits per heavy atom. The highest BCUT2D eigenvalue weighted by Crippen LogP contribution is 2.24. The van der Waals surface area contributed by atoms with Crippen LogP contribution in [0.2, 0.25) is 0 Å². The lowest BCUT2D eigenvalue weighted by atomic mass is 10.0. The van der Waals surface area contributed by atoms with E-state index in [9.17, 15) is 4.79 Å². The van der Waals surface area contributed by atoms with Crippen molar-refractivity contribution < 1.29 is 13.9 Å². The first-order chi connectivity index (χ1) is 10.3. The van der Waals surface area contributed by atoms with E-state index in [2.05, 4.69) is 11.1 Å². The number of H-pyrrole nitrogens is 1. The predicted octanol–water partition coefficient (Wildman–Crippen LogP) is 3.83. The Morgan fingerprint density at radius 2 is 1.91 bits per heavy atom. The van der Waals surface area contributed by atoms with Gasteiger partial charge in [0.25, 0.3) is 4.84 Å². The zero-order chi connectivity index (χ0) is 15.9. The number of ether oxygens (including phenoxy) is 1. The topological polar surface area (TPSA) is 58.5 Å². The van der Waals surface area contributed by atoms with Gasteiger partial charge in [0.2, 0.25) is 0 Å². The van der Waals surface area contributed by atoms with Crippen LogP contribution in [0.3, 0.4) is 0 Å². The minimum Gasteiger partial charge on any atom is -0.444 e. The largest absolute Gasteiger partial charge is 0.444 e. The van der Waals surface area contributed by atoms with E-state index < -0.39 is 5.60 Å². The van der Waals surface area contributed by atoms with Gasteiger partial charge >= 0.3 is 6.09 Å². The van der Waals surface area contributed by atoms with E-state index in [1.165, 1.54) is 11.1 Å².